The molecule has 0 atom stereocenters. The Hall–Kier alpha value is -1.71. The van der Waals surface area contributed by atoms with Crippen molar-refractivity contribution >= 4 is 45.9 Å². The third kappa shape index (κ3) is 5.56. The summed E-state index contributed by atoms with van der Waals surface area (Å²) in [5.41, 5.74) is -13.9. The highest BCUT2D eigenvalue weighted by Gasteiger charge is 2.73. The van der Waals surface area contributed by atoms with Crippen molar-refractivity contribution in [2.45, 2.75) is 28.4 Å². The second-order valence-corrected chi connectivity index (χ2v) is 8.12. The van der Waals surface area contributed by atoms with Gasteiger partial charge in [0.1, 0.15) is 0 Å². The molecule has 0 radical (unpaired) electrons. The van der Waals surface area contributed by atoms with Crippen LogP contribution in [0.15, 0.2) is 47.4 Å². The van der Waals surface area contributed by atoms with Gasteiger partial charge in [-0.25, -0.2) is 4.39 Å². The summed E-state index contributed by atoms with van der Waals surface area (Å²) in [6.45, 7) is 0. The first-order valence-electron chi connectivity index (χ1n) is 7.76. The SMILES string of the molecule is O=C(Nc1c(I)cc(C(F)(C(F)(F)F)C(F)(F)F)cc1SC(F)(F)F)c1ccccc1. The molecule has 2 rings (SSSR count). The van der Waals surface area contributed by atoms with E-state index in [1.54, 1.807) is 0 Å². The van der Waals surface area contributed by atoms with E-state index < -0.39 is 60.9 Å². The summed E-state index contributed by atoms with van der Waals surface area (Å²) in [5.74, 6) is -0.978. The molecule has 2 aromatic carbocycles. The fraction of sp³-hybridized carbons (Fsp3) is 0.235. The van der Waals surface area contributed by atoms with E-state index in [9.17, 15) is 48.7 Å². The zero-order valence-electron chi connectivity index (χ0n) is 14.5. The number of halogens is 11. The Bertz CT molecular complexity index is 942. The molecule has 1 N–H and O–H groups in total. The molecule has 0 aliphatic rings. The molecular formula is C17H8F10INOS. The molecule has 0 aromatic heterocycles. The summed E-state index contributed by atoms with van der Waals surface area (Å²) in [7, 11) is 0. The molecule has 0 fully saturated rings. The Kier molecular flexibility index (Phi) is 7.15. The first-order valence-corrected chi connectivity index (χ1v) is 9.65. The highest BCUT2D eigenvalue weighted by molar-refractivity contribution is 14.1. The molecule has 0 saturated heterocycles. The number of hydrogen-bond donors (Lipinski definition) is 1. The molecule has 0 saturated carbocycles. The summed E-state index contributed by atoms with van der Waals surface area (Å²) < 4.78 is 131. The van der Waals surface area contributed by atoms with Gasteiger partial charge in [-0.3, -0.25) is 4.79 Å². The van der Waals surface area contributed by atoms with E-state index in [-0.39, 0.29) is 17.7 Å². The Morgan fingerprint density at radius 3 is 1.81 bits per heavy atom. The average Bonchev–Trinajstić information content (AvgIpc) is 2.61. The Balaban J connectivity index is 2.67. The lowest BCUT2D eigenvalue weighted by Gasteiger charge is -2.31. The maximum atomic E-state index is 14.4. The Morgan fingerprint density at radius 1 is 0.839 bits per heavy atom. The van der Waals surface area contributed by atoms with Gasteiger partial charge in [0, 0.05) is 19.6 Å². The quantitative estimate of drug-likeness (QED) is 0.228. The topological polar surface area (TPSA) is 29.1 Å². The van der Waals surface area contributed by atoms with Crippen LogP contribution in [0.5, 0.6) is 0 Å². The molecule has 14 heteroatoms. The summed E-state index contributed by atoms with van der Waals surface area (Å²) in [6, 6.07) is 6.76. The highest BCUT2D eigenvalue weighted by Crippen LogP contribution is 2.55. The minimum absolute atomic E-state index is 0.0456. The van der Waals surface area contributed by atoms with Crippen molar-refractivity contribution in [3.8, 4) is 0 Å². The molecule has 0 unspecified atom stereocenters. The van der Waals surface area contributed by atoms with E-state index >= 15 is 0 Å². The van der Waals surface area contributed by atoms with Gasteiger partial charge in [0.15, 0.2) is 0 Å². The predicted octanol–water partition coefficient (Wildman–Crippen LogP) is 7.44. The van der Waals surface area contributed by atoms with Crippen LogP contribution in [0.2, 0.25) is 0 Å². The van der Waals surface area contributed by atoms with Gasteiger partial charge in [-0.1, -0.05) is 18.2 Å². The standard InChI is InChI=1S/C17H8F10INOS/c18-14(15(19,20)21,16(22,23)24)9-6-10(28)12(11(7-9)31-17(25,26)27)29-13(30)8-4-2-1-3-5-8/h1-7H,(H,29,30). The molecule has 0 bridgehead atoms. The average molecular weight is 591 g/mol. The number of thioether (sulfide) groups is 1. The van der Waals surface area contributed by atoms with Crippen molar-refractivity contribution in [3.63, 3.8) is 0 Å². The Morgan fingerprint density at radius 2 is 1.35 bits per heavy atom. The predicted molar refractivity (Wildman–Crippen MR) is 100 cm³/mol. The second-order valence-electron chi connectivity index (χ2n) is 5.85. The summed E-state index contributed by atoms with van der Waals surface area (Å²) in [4.78, 5) is 11.0. The van der Waals surface area contributed by atoms with Crippen LogP contribution in [0.1, 0.15) is 15.9 Å². The van der Waals surface area contributed by atoms with E-state index in [0.29, 0.717) is 0 Å². The van der Waals surface area contributed by atoms with Gasteiger partial charge in [-0.15, -0.1) is 0 Å². The van der Waals surface area contributed by atoms with Crippen LogP contribution in [-0.4, -0.2) is 23.8 Å². The normalized spacial score (nSPS) is 13.3. The lowest BCUT2D eigenvalue weighted by atomic mass is 9.94. The minimum atomic E-state index is -6.51. The third-order valence-electron chi connectivity index (χ3n) is 3.73. The highest BCUT2D eigenvalue weighted by atomic mass is 127. The van der Waals surface area contributed by atoms with Gasteiger partial charge in [-0.2, -0.15) is 39.5 Å². The van der Waals surface area contributed by atoms with Gasteiger partial charge < -0.3 is 5.32 Å². The summed E-state index contributed by atoms with van der Waals surface area (Å²) >= 11 is 0.0248. The van der Waals surface area contributed by atoms with Crippen LogP contribution >= 0.6 is 34.4 Å². The van der Waals surface area contributed by atoms with Crippen LogP contribution in [0, 0.1) is 3.57 Å². The number of nitrogens with one attached hydrogen (secondary N) is 1. The van der Waals surface area contributed by atoms with Crippen molar-refractivity contribution in [3.05, 3.63) is 57.2 Å². The van der Waals surface area contributed by atoms with Gasteiger partial charge in [0.2, 0.25) is 0 Å². The molecule has 2 nitrogen and oxygen atoms in total. The minimum Gasteiger partial charge on any atom is -0.320 e. The number of carbonyl (C=O) groups is 1. The third-order valence-corrected chi connectivity index (χ3v) is 5.36. The van der Waals surface area contributed by atoms with Gasteiger partial charge in [0.05, 0.1) is 5.69 Å². The van der Waals surface area contributed by atoms with Crippen molar-refractivity contribution in [1.29, 1.82) is 0 Å². The molecule has 0 aliphatic heterocycles. The van der Waals surface area contributed by atoms with Crippen LogP contribution in [0.25, 0.3) is 0 Å². The van der Waals surface area contributed by atoms with Gasteiger partial charge >= 0.3 is 23.5 Å². The zero-order chi connectivity index (χ0) is 23.8. The fourth-order valence-corrected chi connectivity index (χ4v) is 4.01. The molecule has 0 aliphatic carbocycles. The van der Waals surface area contributed by atoms with E-state index in [0.717, 1.165) is 22.6 Å². The molecule has 1 amide bonds. The van der Waals surface area contributed by atoms with Crippen LogP contribution in [0.3, 0.4) is 0 Å². The van der Waals surface area contributed by atoms with Crippen LogP contribution in [0.4, 0.5) is 49.6 Å². The number of hydrogen-bond acceptors (Lipinski definition) is 2. The monoisotopic (exact) mass is 591 g/mol. The van der Waals surface area contributed by atoms with Gasteiger partial charge in [0.25, 0.3) is 5.91 Å². The van der Waals surface area contributed by atoms with E-state index in [1.165, 1.54) is 30.3 Å². The number of carbonyl (C=O) groups excluding carboxylic acids is 1. The molecule has 31 heavy (non-hydrogen) atoms. The van der Waals surface area contributed by atoms with E-state index in [1.807, 2.05) is 5.32 Å². The van der Waals surface area contributed by atoms with Crippen molar-refractivity contribution in [2.24, 2.45) is 0 Å². The smallest absolute Gasteiger partial charge is 0.320 e. The molecule has 0 heterocycles. The van der Waals surface area contributed by atoms with E-state index in [4.69, 9.17) is 0 Å². The molecule has 2 aromatic rings. The maximum Gasteiger partial charge on any atom is 0.446 e. The molecular weight excluding hydrogens is 583 g/mol. The largest absolute Gasteiger partial charge is 0.446 e. The van der Waals surface area contributed by atoms with Crippen molar-refractivity contribution in [2.75, 3.05) is 5.32 Å². The lowest BCUT2D eigenvalue weighted by molar-refractivity contribution is -0.348. The zero-order valence-corrected chi connectivity index (χ0v) is 17.5. The second kappa shape index (κ2) is 8.67. The molecule has 170 valence electrons. The van der Waals surface area contributed by atoms with Crippen molar-refractivity contribution < 1.29 is 48.7 Å². The number of rotatable bonds is 4. The maximum absolute atomic E-state index is 14.4. The summed E-state index contributed by atoms with van der Waals surface area (Å²) in [5, 5.41) is 2.02. The number of anilines is 1. The van der Waals surface area contributed by atoms with Crippen LogP contribution < -0.4 is 5.32 Å². The van der Waals surface area contributed by atoms with Crippen LogP contribution in [-0.2, 0) is 5.67 Å². The van der Waals surface area contributed by atoms with Crippen molar-refractivity contribution in [1.82, 2.24) is 0 Å². The van der Waals surface area contributed by atoms with E-state index in [2.05, 4.69) is 0 Å². The van der Waals surface area contributed by atoms with Gasteiger partial charge in [-0.05, 0) is 58.6 Å². The number of amides is 1. The molecule has 0 spiro atoms. The number of alkyl halides is 10. The lowest BCUT2D eigenvalue weighted by Crippen LogP contribution is -2.50. The fourth-order valence-electron chi connectivity index (χ4n) is 2.37. The summed E-state index contributed by atoms with van der Waals surface area (Å²) in [6.07, 6.45) is -13.0. The first kappa shape index (κ1) is 25.5. The first-order chi connectivity index (χ1) is 14.0. The number of benzene rings is 2. The Labute approximate surface area is 185 Å².